The lowest BCUT2D eigenvalue weighted by molar-refractivity contribution is -0.386. The summed E-state index contributed by atoms with van der Waals surface area (Å²) in [5.41, 5.74) is 0.247. The molecule has 0 aliphatic heterocycles. The second-order valence-electron chi connectivity index (χ2n) is 2.61. The average molecular weight is 246 g/mol. The minimum absolute atomic E-state index is 0.0654. The van der Waals surface area contributed by atoms with Gasteiger partial charge in [0.2, 0.25) is 0 Å². The molecular formula is C8H8BrNO3. The number of nitrogens with zero attached hydrogens (tertiary/aromatic N) is 1. The summed E-state index contributed by atoms with van der Waals surface area (Å²) in [5, 5.41) is 19.9. The first-order valence-electron chi connectivity index (χ1n) is 3.65. The van der Waals surface area contributed by atoms with Gasteiger partial charge in [-0.25, -0.2) is 0 Å². The van der Waals surface area contributed by atoms with E-state index in [0.717, 1.165) is 0 Å². The summed E-state index contributed by atoms with van der Waals surface area (Å²) >= 11 is 3.15. The van der Waals surface area contributed by atoms with Crippen LogP contribution in [0.4, 0.5) is 5.69 Å². The smallest absolute Gasteiger partial charge is 0.276 e. The van der Waals surface area contributed by atoms with Gasteiger partial charge in [-0.2, -0.15) is 0 Å². The van der Waals surface area contributed by atoms with Crippen LogP contribution in [0.15, 0.2) is 22.7 Å². The summed E-state index contributed by atoms with van der Waals surface area (Å²) in [6.45, 7) is 1.49. The number of hydrogen-bond acceptors (Lipinski definition) is 3. The summed E-state index contributed by atoms with van der Waals surface area (Å²) in [4.78, 5) is 10.0. The van der Waals surface area contributed by atoms with Gasteiger partial charge in [0.15, 0.2) is 0 Å². The molecule has 0 aromatic heterocycles. The van der Waals surface area contributed by atoms with E-state index in [4.69, 9.17) is 0 Å². The Morgan fingerprint density at radius 3 is 2.62 bits per heavy atom. The van der Waals surface area contributed by atoms with Crippen molar-refractivity contribution in [2.75, 3.05) is 0 Å². The molecule has 1 aromatic carbocycles. The molecule has 0 fully saturated rings. The van der Waals surface area contributed by atoms with E-state index in [0.29, 0.717) is 10.0 Å². The first-order valence-corrected chi connectivity index (χ1v) is 4.44. The molecule has 0 unspecified atom stereocenters. The van der Waals surface area contributed by atoms with Crippen LogP contribution in [0.2, 0.25) is 0 Å². The number of aliphatic hydroxyl groups is 1. The van der Waals surface area contributed by atoms with Crippen LogP contribution in [0.3, 0.4) is 0 Å². The Bertz CT molecular complexity index is 338. The molecule has 0 aliphatic rings. The second-order valence-corrected chi connectivity index (χ2v) is 3.46. The Morgan fingerprint density at radius 2 is 2.23 bits per heavy atom. The van der Waals surface area contributed by atoms with Crippen LogP contribution < -0.4 is 0 Å². The topological polar surface area (TPSA) is 63.4 Å². The fourth-order valence-corrected chi connectivity index (χ4v) is 1.79. The Labute approximate surface area is 83.5 Å². The molecule has 5 heteroatoms. The summed E-state index contributed by atoms with van der Waals surface area (Å²) in [7, 11) is 0. The van der Waals surface area contributed by atoms with Crippen LogP contribution in [0.1, 0.15) is 18.6 Å². The molecule has 70 valence electrons. The Hall–Kier alpha value is -0.940. The molecular weight excluding hydrogens is 238 g/mol. The van der Waals surface area contributed by atoms with Gasteiger partial charge >= 0.3 is 0 Å². The van der Waals surface area contributed by atoms with Crippen molar-refractivity contribution in [3.63, 3.8) is 0 Å². The minimum Gasteiger partial charge on any atom is -0.388 e. The van der Waals surface area contributed by atoms with Gasteiger partial charge in [0.25, 0.3) is 5.69 Å². The highest BCUT2D eigenvalue weighted by atomic mass is 79.9. The zero-order chi connectivity index (χ0) is 10.0. The fraction of sp³-hybridized carbons (Fsp3) is 0.250. The van der Waals surface area contributed by atoms with Crippen LogP contribution in [0.5, 0.6) is 0 Å². The minimum atomic E-state index is -0.851. The molecule has 1 rings (SSSR count). The van der Waals surface area contributed by atoms with Gasteiger partial charge in [-0.3, -0.25) is 10.1 Å². The summed E-state index contributed by atoms with van der Waals surface area (Å²) < 4.78 is 0.552. The molecule has 1 aromatic rings. The molecule has 0 radical (unpaired) electrons. The van der Waals surface area contributed by atoms with Crippen LogP contribution in [-0.2, 0) is 0 Å². The van der Waals surface area contributed by atoms with Crippen molar-refractivity contribution in [3.05, 3.63) is 38.3 Å². The molecule has 4 nitrogen and oxygen atoms in total. The summed E-state index contributed by atoms with van der Waals surface area (Å²) in [6.07, 6.45) is -0.851. The van der Waals surface area contributed by atoms with Crippen molar-refractivity contribution in [1.82, 2.24) is 0 Å². The monoisotopic (exact) mass is 245 g/mol. The first kappa shape index (κ1) is 10.1. The zero-order valence-corrected chi connectivity index (χ0v) is 8.48. The van der Waals surface area contributed by atoms with Crippen LogP contribution in [0.25, 0.3) is 0 Å². The molecule has 0 amide bonds. The van der Waals surface area contributed by atoms with Crippen molar-refractivity contribution < 1.29 is 10.0 Å². The zero-order valence-electron chi connectivity index (χ0n) is 6.90. The quantitative estimate of drug-likeness (QED) is 0.643. The van der Waals surface area contributed by atoms with E-state index in [-0.39, 0.29) is 5.69 Å². The normalized spacial score (nSPS) is 12.5. The number of nitro groups is 1. The van der Waals surface area contributed by atoms with Crippen molar-refractivity contribution in [1.29, 1.82) is 0 Å². The average Bonchev–Trinajstić information content (AvgIpc) is 2.02. The second kappa shape index (κ2) is 3.85. The van der Waals surface area contributed by atoms with Crippen molar-refractivity contribution in [2.45, 2.75) is 13.0 Å². The van der Waals surface area contributed by atoms with E-state index in [9.17, 15) is 15.2 Å². The van der Waals surface area contributed by atoms with Gasteiger partial charge in [0, 0.05) is 10.5 Å². The van der Waals surface area contributed by atoms with E-state index in [1.807, 2.05) is 0 Å². The maximum absolute atomic E-state index is 10.6. The number of hydrogen-bond donors (Lipinski definition) is 1. The fourth-order valence-electron chi connectivity index (χ4n) is 1.10. The van der Waals surface area contributed by atoms with Crippen LogP contribution >= 0.6 is 15.9 Å². The lowest BCUT2D eigenvalue weighted by atomic mass is 10.1. The SMILES string of the molecule is C[C@@H](O)c1c(Br)cccc1[N+](=O)[O-]. The largest absolute Gasteiger partial charge is 0.388 e. The third kappa shape index (κ3) is 2.05. The standard InChI is InChI=1S/C8H8BrNO3/c1-5(11)8-6(9)3-2-4-7(8)10(12)13/h2-5,11H,1H3/t5-/m1/s1. The maximum Gasteiger partial charge on any atom is 0.276 e. The number of benzene rings is 1. The molecule has 0 aliphatic carbocycles. The first-order chi connectivity index (χ1) is 6.04. The van der Waals surface area contributed by atoms with Crippen LogP contribution in [-0.4, -0.2) is 10.0 Å². The molecule has 0 bridgehead atoms. The molecule has 0 saturated heterocycles. The predicted molar refractivity (Wildman–Crippen MR) is 51.4 cm³/mol. The molecule has 0 heterocycles. The van der Waals surface area contributed by atoms with E-state index < -0.39 is 11.0 Å². The summed E-state index contributed by atoms with van der Waals surface area (Å²) in [6, 6.07) is 4.59. The Balaban J connectivity index is 3.34. The van der Waals surface area contributed by atoms with Gasteiger partial charge in [-0.15, -0.1) is 0 Å². The van der Waals surface area contributed by atoms with Gasteiger partial charge in [-0.1, -0.05) is 22.0 Å². The third-order valence-electron chi connectivity index (χ3n) is 1.64. The number of rotatable bonds is 2. The molecule has 0 saturated carbocycles. The highest BCUT2D eigenvalue weighted by Crippen LogP contribution is 2.31. The van der Waals surface area contributed by atoms with Gasteiger partial charge in [0.1, 0.15) is 0 Å². The van der Waals surface area contributed by atoms with Crippen LogP contribution in [0, 0.1) is 10.1 Å². The highest BCUT2D eigenvalue weighted by molar-refractivity contribution is 9.10. The van der Waals surface area contributed by atoms with E-state index in [2.05, 4.69) is 15.9 Å². The lowest BCUT2D eigenvalue weighted by Gasteiger charge is -2.07. The van der Waals surface area contributed by atoms with Gasteiger partial charge in [-0.05, 0) is 13.0 Å². The van der Waals surface area contributed by atoms with E-state index >= 15 is 0 Å². The lowest BCUT2D eigenvalue weighted by Crippen LogP contribution is -1.99. The number of nitro benzene ring substituents is 1. The maximum atomic E-state index is 10.6. The predicted octanol–water partition coefficient (Wildman–Crippen LogP) is 2.41. The Morgan fingerprint density at radius 1 is 1.62 bits per heavy atom. The number of aliphatic hydroxyl groups excluding tert-OH is 1. The third-order valence-corrected chi connectivity index (χ3v) is 2.34. The van der Waals surface area contributed by atoms with E-state index in [1.54, 1.807) is 12.1 Å². The summed E-state index contributed by atoms with van der Waals surface area (Å²) in [5.74, 6) is 0. The van der Waals surface area contributed by atoms with Gasteiger partial charge in [0.05, 0.1) is 16.6 Å². The Kier molecular flexibility index (Phi) is 3.00. The van der Waals surface area contributed by atoms with Crippen molar-refractivity contribution in [2.24, 2.45) is 0 Å². The highest BCUT2D eigenvalue weighted by Gasteiger charge is 2.19. The van der Waals surface area contributed by atoms with Crippen molar-refractivity contribution >= 4 is 21.6 Å². The van der Waals surface area contributed by atoms with Gasteiger partial charge < -0.3 is 5.11 Å². The molecule has 0 spiro atoms. The number of halogens is 1. The molecule has 1 N–H and O–H groups in total. The van der Waals surface area contributed by atoms with E-state index in [1.165, 1.54) is 13.0 Å². The van der Waals surface area contributed by atoms with Crippen molar-refractivity contribution in [3.8, 4) is 0 Å². The molecule has 1 atom stereocenters. The molecule has 13 heavy (non-hydrogen) atoms.